The second-order valence-corrected chi connectivity index (χ2v) is 3.04. The second kappa shape index (κ2) is 4.83. The topological polar surface area (TPSA) is 72.7 Å². The number of phenols is 1. The molecule has 0 fully saturated rings. The van der Waals surface area contributed by atoms with Crippen LogP contribution in [0.3, 0.4) is 0 Å². The fraction of sp³-hybridized carbons (Fsp3) is 0.400. The zero-order valence-electron chi connectivity index (χ0n) is 8.07. The molecule has 78 valence electrons. The van der Waals surface area contributed by atoms with Gasteiger partial charge in [-0.15, -0.1) is 0 Å². The van der Waals surface area contributed by atoms with Crippen molar-refractivity contribution >= 4 is 5.69 Å². The first kappa shape index (κ1) is 10.8. The molecule has 4 heteroatoms. The summed E-state index contributed by atoms with van der Waals surface area (Å²) in [7, 11) is 0. The van der Waals surface area contributed by atoms with Crippen LogP contribution in [0.2, 0.25) is 0 Å². The van der Waals surface area contributed by atoms with Crippen molar-refractivity contribution in [1.82, 2.24) is 0 Å². The van der Waals surface area contributed by atoms with E-state index in [-0.39, 0.29) is 12.5 Å². The van der Waals surface area contributed by atoms with Crippen molar-refractivity contribution in [3.63, 3.8) is 0 Å². The van der Waals surface area contributed by atoms with E-state index in [1.54, 1.807) is 12.1 Å². The van der Waals surface area contributed by atoms with Crippen molar-refractivity contribution in [3.8, 4) is 5.75 Å². The molecule has 4 N–H and O–H groups in total. The molecular formula is C10H15NO3. The molecule has 1 atom stereocenters. The van der Waals surface area contributed by atoms with Crippen molar-refractivity contribution in [1.29, 1.82) is 0 Å². The van der Waals surface area contributed by atoms with Crippen LogP contribution in [0.1, 0.15) is 25.0 Å². The summed E-state index contributed by atoms with van der Waals surface area (Å²) in [6.45, 7) is 1.62. The Balaban J connectivity index is 2.93. The number of phenolic OH excluding ortho intramolecular Hbond substituents is 1. The van der Waals surface area contributed by atoms with Gasteiger partial charge in [-0.25, -0.2) is 0 Å². The molecule has 0 heterocycles. The highest BCUT2D eigenvalue weighted by Gasteiger charge is 2.07. The lowest BCUT2D eigenvalue weighted by molar-refractivity contribution is 0.173. The highest BCUT2D eigenvalue weighted by Crippen LogP contribution is 2.27. The first-order valence-corrected chi connectivity index (χ1v) is 4.54. The zero-order valence-corrected chi connectivity index (χ0v) is 8.07. The number of benzene rings is 1. The minimum atomic E-state index is -0.533. The summed E-state index contributed by atoms with van der Waals surface area (Å²) in [6, 6.07) is 4.78. The molecule has 0 bridgehead atoms. The van der Waals surface area contributed by atoms with Crippen LogP contribution >= 0.6 is 0 Å². The smallest absolute Gasteiger partial charge is 0.138 e. The third-order valence-corrected chi connectivity index (χ3v) is 2.06. The monoisotopic (exact) mass is 197 g/mol. The van der Waals surface area contributed by atoms with Gasteiger partial charge in [-0.2, -0.15) is 0 Å². The molecule has 14 heavy (non-hydrogen) atoms. The lowest BCUT2D eigenvalue weighted by atomic mass is 10.1. The van der Waals surface area contributed by atoms with Crippen LogP contribution in [0.4, 0.5) is 5.69 Å². The number of aliphatic hydroxyl groups is 2. The molecule has 0 spiro atoms. The maximum Gasteiger partial charge on any atom is 0.138 e. The Labute approximate surface area is 82.8 Å². The summed E-state index contributed by atoms with van der Waals surface area (Å²) in [5.74, 6) is 0.0612. The normalized spacial score (nSPS) is 12.5. The summed E-state index contributed by atoms with van der Waals surface area (Å²) < 4.78 is 0. The van der Waals surface area contributed by atoms with Crippen LogP contribution in [-0.4, -0.2) is 22.1 Å². The molecule has 1 unspecified atom stereocenters. The van der Waals surface area contributed by atoms with Gasteiger partial charge in [0.05, 0.1) is 11.8 Å². The van der Waals surface area contributed by atoms with E-state index in [9.17, 15) is 10.2 Å². The predicted molar refractivity (Wildman–Crippen MR) is 54.1 cm³/mol. The Hall–Kier alpha value is -1.26. The van der Waals surface area contributed by atoms with Gasteiger partial charge in [0.1, 0.15) is 12.5 Å². The Morgan fingerprint density at radius 2 is 2.14 bits per heavy atom. The third kappa shape index (κ3) is 2.37. The van der Waals surface area contributed by atoms with Gasteiger partial charge in [-0.05, 0) is 24.1 Å². The number of hydrogen-bond donors (Lipinski definition) is 4. The summed E-state index contributed by atoms with van der Waals surface area (Å²) in [5.41, 5.74) is 1.15. The van der Waals surface area contributed by atoms with E-state index in [0.29, 0.717) is 12.1 Å². The van der Waals surface area contributed by atoms with E-state index >= 15 is 0 Å². The van der Waals surface area contributed by atoms with Gasteiger partial charge in [0.25, 0.3) is 0 Å². The first-order valence-electron chi connectivity index (χ1n) is 4.54. The Morgan fingerprint density at radius 1 is 1.43 bits per heavy atom. The largest absolute Gasteiger partial charge is 0.506 e. The summed E-state index contributed by atoms with van der Waals surface area (Å²) in [6.07, 6.45) is 0.0819. The van der Waals surface area contributed by atoms with Crippen LogP contribution in [0.25, 0.3) is 0 Å². The van der Waals surface area contributed by atoms with Gasteiger partial charge in [-0.1, -0.05) is 13.0 Å². The lowest BCUT2D eigenvalue weighted by Gasteiger charge is -2.11. The number of anilines is 1. The van der Waals surface area contributed by atoms with Crippen LogP contribution in [0, 0.1) is 0 Å². The predicted octanol–water partition coefficient (Wildman–Crippen LogP) is 1.20. The van der Waals surface area contributed by atoms with Gasteiger partial charge < -0.3 is 20.6 Å². The van der Waals surface area contributed by atoms with E-state index in [1.807, 2.05) is 6.92 Å². The quantitative estimate of drug-likeness (QED) is 0.432. The molecule has 0 saturated heterocycles. The molecule has 0 aliphatic heterocycles. The highest BCUT2D eigenvalue weighted by molar-refractivity contribution is 5.57. The van der Waals surface area contributed by atoms with E-state index < -0.39 is 6.10 Å². The van der Waals surface area contributed by atoms with Crippen molar-refractivity contribution in [2.45, 2.75) is 19.4 Å². The van der Waals surface area contributed by atoms with Crippen LogP contribution in [0.5, 0.6) is 5.75 Å². The average Bonchev–Trinajstić information content (AvgIpc) is 2.20. The molecule has 4 nitrogen and oxygen atoms in total. The molecule has 0 amide bonds. The van der Waals surface area contributed by atoms with E-state index in [1.165, 1.54) is 6.07 Å². The molecule has 0 saturated carbocycles. The van der Waals surface area contributed by atoms with Gasteiger partial charge in [0.2, 0.25) is 0 Å². The van der Waals surface area contributed by atoms with E-state index in [0.717, 1.165) is 5.56 Å². The molecule has 1 aromatic rings. The summed E-state index contributed by atoms with van der Waals surface area (Å²) in [4.78, 5) is 0. The SMILES string of the molecule is CCC(O)c1ccc(O)c(NCO)c1. The molecule has 0 aliphatic carbocycles. The number of nitrogens with one attached hydrogen (secondary N) is 1. The van der Waals surface area contributed by atoms with Crippen LogP contribution in [-0.2, 0) is 0 Å². The Bertz CT molecular complexity index is 301. The van der Waals surface area contributed by atoms with Gasteiger partial charge in [-0.3, -0.25) is 0 Å². The highest BCUT2D eigenvalue weighted by atomic mass is 16.3. The van der Waals surface area contributed by atoms with Crippen molar-refractivity contribution < 1.29 is 15.3 Å². The number of hydrogen-bond acceptors (Lipinski definition) is 4. The Kier molecular flexibility index (Phi) is 3.73. The van der Waals surface area contributed by atoms with E-state index in [2.05, 4.69) is 5.32 Å². The molecule has 0 aliphatic rings. The van der Waals surface area contributed by atoms with Crippen molar-refractivity contribution in [3.05, 3.63) is 23.8 Å². The number of rotatable bonds is 4. The fourth-order valence-electron chi connectivity index (χ4n) is 1.22. The standard InChI is InChI=1S/C10H15NO3/c1-2-9(13)7-3-4-10(14)8(5-7)11-6-12/h3-5,9,11-14H,2,6H2,1H3. The molecular weight excluding hydrogens is 182 g/mol. The second-order valence-electron chi connectivity index (χ2n) is 3.04. The molecule has 1 aromatic carbocycles. The molecule has 0 aromatic heterocycles. The van der Waals surface area contributed by atoms with Gasteiger partial charge in [0, 0.05) is 0 Å². The third-order valence-electron chi connectivity index (χ3n) is 2.06. The molecule has 0 radical (unpaired) electrons. The summed E-state index contributed by atoms with van der Waals surface area (Å²) >= 11 is 0. The van der Waals surface area contributed by atoms with E-state index in [4.69, 9.17) is 5.11 Å². The summed E-state index contributed by atoms with van der Waals surface area (Å²) in [5, 5.41) is 30.1. The van der Waals surface area contributed by atoms with Crippen LogP contribution < -0.4 is 5.32 Å². The fourth-order valence-corrected chi connectivity index (χ4v) is 1.22. The van der Waals surface area contributed by atoms with Crippen molar-refractivity contribution in [2.75, 3.05) is 12.0 Å². The number of aromatic hydroxyl groups is 1. The number of aliphatic hydroxyl groups excluding tert-OH is 2. The average molecular weight is 197 g/mol. The lowest BCUT2D eigenvalue weighted by Crippen LogP contribution is -2.02. The first-order chi connectivity index (χ1) is 6.69. The molecule has 1 rings (SSSR count). The Morgan fingerprint density at radius 3 is 2.71 bits per heavy atom. The van der Waals surface area contributed by atoms with Crippen LogP contribution in [0.15, 0.2) is 18.2 Å². The van der Waals surface area contributed by atoms with Crippen molar-refractivity contribution in [2.24, 2.45) is 0 Å². The van der Waals surface area contributed by atoms with Gasteiger partial charge in [0.15, 0.2) is 0 Å². The zero-order chi connectivity index (χ0) is 10.6. The minimum Gasteiger partial charge on any atom is -0.506 e. The van der Waals surface area contributed by atoms with Gasteiger partial charge >= 0.3 is 0 Å². The maximum absolute atomic E-state index is 9.54. The minimum absolute atomic E-state index is 0.0612. The maximum atomic E-state index is 9.54.